The largest absolute Gasteiger partial charge is 0.348 e. The van der Waals surface area contributed by atoms with Crippen LogP contribution in [0.2, 0.25) is 0 Å². The predicted octanol–water partition coefficient (Wildman–Crippen LogP) is -0.619. The Kier molecular flexibility index (Phi) is 3.84. The molecule has 1 saturated heterocycles. The molecule has 1 atom stereocenters. The van der Waals surface area contributed by atoms with Crippen LogP contribution < -0.4 is 15.5 Å². The molecule has 19 heavy (non-hydrogen) atoms. The second-order valence-corrected chi connectivity index (χ2v) is 4.89. The summed E-state index contributed by atoms with van der Waals surface area (Å²) in [5.74, 6) is 0.421. The Hall–Kier alpha value is -1.89. The Balaban J connectivity index is 1.96. The van der Waals surface area contributed by atoms with E-state index in [2.05, 4.69) is 15.6 Å². The van der Waals surface area contributed by atoms with Crippen LogP contribution in [0.15, 0.2) is 6.20 Å². The lowest BCUT2D eigenvalue weighted by molar-refractivity contribution is -0.134. The molecule has 0 saturated carbocycles. The molecular weight excluding hydrogens is 246 g/mol. The summed E-state index contributed by atoms with van der Waals surface area (Å²) in [5, 5.41) is 5.49. The highest BCUT2D eigenvalue weighted by Crippen LogP contribution is 2.12. The number of imide groups is 1. The molecule has 0 radical (unpaired) electrons. The predicted molar refractivity (Wildman–Crippen MR) is 70.5 cm³/mol. The summed E-state index contributed by atoms with van der Waals surface area (Å²) in [6.45, 7) is 0.545. The number of imidazole rings is 1. The number of anilines is 1. The first-order valence-electron chi connectivity index (χ1n) is 6.24. The number of piperidine rings is 1. The highest BCUT2D eigenvalue weighted by Gasteiger charge is 2.26. The fourth-order valence-electron chi connectivity index (χ4n) is 2.13. The van der Waals surface area contributed by atoms with Gasteiger partial charge in [0, 0.05) is 34.1 Å². The van der Waals surface area contributed by atoms with E-state index < -0.39 is 0 Å². The molecule has 2 amide bonds. The smallest absolute Gasteiger partial charge is 0.243 e. The first-order valence-corrected chi connectivity index (χ1v) is 6.24. The van der Waals surface area contributed by atoms with Crippen LogP contribution in [-0.4, -0.2) is 41.5 Å². The highest BCUT2D eigenvalue weighted by molar-refractivity contribution is 6.00. The summed E-state index contributed by atoms with van der Waals surface area (Å²) in [6.07, 6.45) is 2.72. The molecule has 1 aliphatic rings. The minimum atomic E-state index is -0.310. The Bertz CT molecular complexity index is 494. The Morgan fingerprint density at radius 1 is 1.53 bits per heavy atom. The van der Waals surface area contributed by atoms with Gasteiger partial charge >= 0.3 is 0 Å². The summed E-state index contributed by atoms with van der Waals surface area (Å²) >= 11 is 0. The van der Waals surface area contributed by atoms with Crippen LogP contribution in [0.25, 0.3) is 0 Å². The number of nitrogens with one attached hydrogen (secondary N) is 2. The van der Waals surface area contributed by atoms with Crippen molar-refractivity contribution in [2.45, 2.75) is 25.4 Å². The van der Waals surface area contributed by atoms with Gasteiger partial charge in [0.25, 0.3) is 0 Å². The van der Waals surface area contributed by atoms with Crippen molar-refractivity contribution in [1.82, 2.24) is 20.2 Å². The van der Waals surface area contributed by atoms with E-state index in [4.69, 9.17) is 0 Å². The molecule has 2 N–H and O–H groups in total. The number of hydrogen-bond donors (Lipinski definition) is 2. The van der Waals surface area contributed by atoms with Crippen LogP contribution in [0.5, 0.6) is 0 Å². The molecule has 1 unspecified atom stereocenters. The van der Waals surface area contributed by atoms with E-state index in [0.717, 1.165) is 11.6 Å². The van der Waals surface area contributed by atoms with E-state index in [1.54, 1.807) is 6.20 Å². The zero-order chi connectivity index (χ0) is 14.0. The van der Waals surface area contributed by atoms with Gasteiger partial charge in [0.15, 0.2) is 0 Å². The molecule has 0 spiro atoms. The molecule has 1 fully saturated rings. The van der Waals surface area contributed by atoms with Crippen molar-refractivity contribution in [3.63, 3.8) is 0 Å². The molecule has 104 valence electrons. The average Bonchev–Trinajstić information content (AvgIpc) is 2.70. The van der Waals surface area contributed by atoms with Crippen LogP contribution in [0.1, 0.15) is 18.5 Å². The van der Waals surface area contributed by atoms with E-state index in [0.29, 0.717) is 19.4 Å². The van der Waals surface area contributed by atoms with Gasteiger partial charge in [-0.3, -0.25) is 14.9 Å². The third-order valence-electron chi connectivity index (χ3n) is 3.23. The summed E-state index contributed by atoms with van der Waals surface area (Å²) < 4.78 is 1.97. The third-order valence-corrected chi connectivity index (χ3v) is 3.23. The van der Waals surface area contributed by atoms with Crippen molar-refractivity contribution in [3.05, 3.63) is 11.9 Å². The lowest BCUT2D eigenvalue weighted by atomic mass is 10.1. The molecule has 1 aliphatic heterocycles. The number of rotatable bonds is 4. The molecule has 0 aromatic carbocycles. The van der Waals surface area contributed by atoms with Crippen LogP contribution in [-0.2, 0) is 23.2 Å². The van der Waals surface area contributed by atoms with Crippen molar-refractivity contribution in [3.8, 4) is 0 Å². The third kappa shape index (κ3) is 2.93. The number of carbonyl (C=O) groups excluding carboxylic acids is 2. The van der Waals surface area contributed by atoms with Gasteiger partial charge in [-0.25, -0.2) is 4.98 Å². The quantitative estimate of drug-likeness (QED) is 0.709. The summed E-state index contributed by atoms with van der Waals surface area (Å²) in [5.41, 5.74) is 0.994. The normalized spacial score (nSPS) is 19.4. The fourth-order valence-corrected chi connectivity index (χ4v) is 2.13. The Morgan fingerprint density at radius 3 is 2.84 bits per heavy atom. The SMILES string of the molecule is CN(C)c1ncc(CNC2CCC(=O)NC2=O)n1C. The van der Waals surface area contributed by atoms with Crippen molar-refractivity contribution in [2.75, 3.05) is 19.0 Å². The molecule has 0 aliphatic carbocycles. The van der Waals surface area contributed by atoms with E-state index in [9.17, 15) is 9.59 Å². The fraction of sp³-hybridized carbons (Fsp3) is 0.583. The van der Waals surface area contributed by atoms with E-state index in [1.165, 1.54) is 0 Å². The maximum atomic E-state index is 11.6. The number of hydrogen-bond acceptors (Lipinski definition) is 5. The van der Waals surface area contributed by atoms with Crippen LogP contribution in [0.3, 0.4) is 0 Å². The maximum absolute atomic E-state index is 11.6. The Morgan fingerprint density at radius 2 is 2.26 bits per heavy atom. The zero-order valence-electron chi connectivity index (χ0n) is 11.4. The second kappa shape index (κ2) is 5.40. The topological polar surface area (TPSA) is 79.3 Å². The molecule has 7 nitrogen and oxygen atoms in total. The van der Waals surface area contributed by atoms with E-state index in [-0.39, 0.29) is 17.9 Å². The number of aromatic nitrogens is 2. The second-order valence-electron chi connectivity index (χ2n) is 4.89. The summed E-state index contributed by atoms with van der Waals surface area (Å²) in [6, 6.07) is -0.310. The maximum Gasteiger partial charge on any atom is 0.243 e. The van der Waals surface area contributed by atoms with E-state index in [1.807, 2.05) is 30.6 Å². The number of nitrogens with zero attached hydrogens (tertiary/aromatic N) is 3. The van der Waals surface area contributed by atoms with Crippen molar-refractivity contribution in [2.24, 2.45) is 7.05 Å². The highest BCUT2D eigenvalue weighted by atomic mass is 16.2. The molecule has 2 rings (SSSR count). The molecule has 1 aromatic rings. The zero-order valence-corrected chi connectivity index (χ0v) is 11.4. The van der Waals surface area contributed by atoms with Crippen molar-refractivity contribution < 1.29 is 9.59 Å². The minimum Gasteiger partial charge on any atom is -0.348 e. The van der Waals surface area contributed by atoms with Gasteiger partial charge in [-0.05, 0) is 6.42 Å². The summed E-state index contributed by atoms with van der Waals surface area (Å²) in [4.78, 5) is 28.9. The first-order chi connectivity index (χ1) is 8.99. The standard InChI is InChI=1S/C12H19N5O2/c1-16(2)12-14-7-8(17(12)3)6-13-9-4-5-10(18)15-11(9)19/h7,9,13H,4-6H2,1-3H3,(H,15,18,19). The number of amides is 2. The minimum absolute atomic E-state index is 0.196. The molecule has 2 heterocycles. The monoisotopic (exact) mass is 265 g/mol. The molecule has 1 aromatic heterocycles. The molecule has 7 heteroatoms. The van der Waals surface area contributed by atoms with Crippen molar-refractivity contribution in [1.29, 1.82) is 0 Å². The first kappa shape index (κ1) is 13.5. The van der Waals surface area contributed by atoms with Gasteiger partial charge < -0.3 is 14.8 Å². The van der Waals surface area contributed by atoms with Crippen LogP contribution >= 0.6 is 0 Å². The average molecular weight is 265 g/mol. The van der Waals surface area contributed by atoms with Gasteiger partial charge in [-0.15, -0.1) is 0 Å². The summed E-state index contributed by atoms with van der Waals surface area (Å²) in [7, 11) is 5.79. The Labute approximate surface area is 112 Å². The van der Waals surface area contributed by atoms with Gasteiger partial charge in [-0.2, -0.15) is 0 Å². The van der Waals surface area contributed by atoms with Gasteiger partial charge in [-0.1, -0.05) is 0 Å². The van der Waals surface area contributed by atoms with Gasteiger partial charge in [0.05, 0.1) is 17.9 Å². The van der Waals surface area contributed by atoms with Gasteiger partial charge in [0.1, 0.15) is 0 Å². The van der Waals surface area contributed by atoms with Crippen LogP contribution in [0.4, 0.5) is 5.95 Å². The van der Waals surface area contributed by atoms with E-state index >= 15 is 0 Å². The molecule has 0 bridgehead atoms. The number of carbonyl (C=O) groups is 2. The van der Waals surface area contributed by atoms with Gasteiger partial charge in [0.2, 0.25) is 17.8 Å². The van der Waals surface area contributed by atoms with Crippen LogP contribution in [0, 0.1) is 0 Å². The molecular formula is C12H19N5O2. The lowest BCUT2D eigenvalue weighted by Gasteiger charge is -2.22. The lowest BCUT2D eigenvalue weighted by Crippen LogP contribution is -2.50. The van der Waals surface area contributed by atoms with Crippen molar-refractivity contribution >= 4 is 17.8 Å².